The van der Waals surface area contributed by atoms with Gasteiger partial charge in [0.25, 0.3) is 5.22 Å². The van der Waals surface area contributed by atoms with Crippen LogP contribution in [0.4, 0.5) is 5.69 Å². The van der Waals surface area contributed by atoms with Gasteiger partial charge in [0.05, 0.1) is 12.9 Å². The van der Waals surface area contributed by atoms with Crippen LogP contribution in [0.15, 0.2) is 58.2 Å². The van der Waals surface area contributed by atoms with Crippen molar-refractivity contribution in [1.29, 1.82) is 0 Å². The van der Waals surface area contributed by atoms with Gasteiger partial charge in [0.2, 0.25) is 11.8 Å². The number of amides is 1. The van der Waals surface area contributed by atoms with Crippen molar-refractivity contribution in [3.8, 4) is 17.2 Å². The summed E-state index contributed by atoms with van der Waals surface area (Å²) in [4.78, 5) is 12.3. The molecule has 0 saturated carbocycles. The normalized spacial score (nSPS) is 10.8. The number of hydrogen-bond acceptors (Lipinski definition) is 6. The topological polar surface area (TPSA) is 77.2 Å². The first-order chi connectivity index (χ1) is 13.1. The quantitative estimate of drug-likeness (QED) is 0.601. The Morgan fingerprint density at radius 1 is 1.15 bits per heavy atom. The number of thioether (sulfide) groups is 1. The van der Waals surface area contributed by atoms with E-state index in [0.717, 1.165) is 22.6 Å². The maximum Gasteiger partial charge on any atom is 0.277 e. The van der Waals surface area contributed by atoms with Crippen LogP contribution in [-0.4, -0.2) is 29.0 Å². The molecule has 0 spiro atoms. The van der Waals surface area contributed by atoms with Gasteiger partial charge in [0, 0.05) is 11.3 Å². The molecule has 0 unspecified atom stereocenters. The number of ether oxygens (including phenoxy) is 1. The molecule has 0 bridgehead atoms. The summed E-state index contributed by atoms with van der Waals surface area (Å²) in [5.74, 6) is 1.57. The van der Waals surface area contributed by atoms with Crippen molar-refractivity contribution in [2.75, 3.05) is 18.2 Å². The summed E-state index contributed by atoms with van der Waals surface area (Å²) in [5.41, 5.74) is 2.74. The second-order valence-corrected chi connectivity index (χ2v) is 7.11. The van der Waals surface area contributed by atoms with Crippen LogP contribution in [0.25, 0.3) is 11.5 Å². The standard InChI is InChI=1S/C20H21N3O3S/c1-13(2)16-6-4-5-7-17(16)21-18(24)12-27-20-23-22-19(26-20)14-8-10-15(25-3)11-9-14/h4-11,13H,12H2,1-3H3,(H,21,24). The summed E-state index contributed by atoms with van der Waals surface area (Å²) in [6, 6.07) is 15.1. The van der Waals surface area contributed by atoms with Gasteiger partial charge in [-0.05, 0) is 41.8 Å². The highest BCUT2D eigenvalue weighted by Crippen LogP contribution is 2.26. The molecule has 0 saturated heterocycles. The fraction of sp³-hybridized carbons (Fsp3) is 0.250. The van der Waals surface area contributed by atoms with E-state index in [0.29, 0.717) is 17.0 Å². The predicted molar refractivity (Wildman–Crippen MR) is 106 cm³/mol. The molecule has 27 heavy (non-hydrogen) atoms. The number of nitrogens with one attached hydrogen (secondary N) is 1. The van der Waals surface area contributed by atoms with E-state index in [2.05, 4.69) is 29.4 Å². The number of nitrogens with zero attached hydrogens (tertiary/aromatic N) is 2. The molecule has 140 valence electrons. The van der Waals surface area contributed by atoms with Crippen molar-refractivity contribution in [2.45, 2.75) is 25.0 Å². The fourth-order valence-electron chi connectivity index (χ4n) is 2.55. The largest absolute Gasteiger partial charge is 0.497 e. The minimum Gasteiger partial charge on any atom is -0.497 e. The van der Waals surface area contributed by atoms with E-state index in [1.54, 1.807) is 7.11 Å². The number of carbonyl (C=O) groups is 1. The predicted octanol–water partition coefficient (Wildman–Crippen LogP) is 4.60. The highest BCUT2D eigenvalue weighted by atomic mass is 32.2. The molecule has 1 N–H and O–H groups in total. The molecule has 1 amide bonds. The van der Waals surface area contributed by atoms with E-state index in [1.807, 2.05) is 48.5 Å². The van der Waals surface area contributed by atoms with E-state index in [9.17, 15) is 4.79 Å². The number of rotatable bonds is 7. The molecular weight excluding hydrogens is 362 g/mol. The number of anilines is 1. The van der Waals surface area contributed by atoms with Crippen LogP contribution in [0.3, 0.4) is 0 Å². The van der Waals surface area contributed by atoms with Crippen molar-refractivity contribution in [1.82, 2.24) is 10.2 Å². The van der Waals surface area contributed by atoms with Gasteiger partial charge in [0.15, 0.2) is 0 Å². The third kappa shape index (κ3) is 4.89. The number of methoxy groups -OCH3 is 1. The second kappa shape index (κ2) is 8.73. The Kier molecular flexibility index (Phi) is 6.13. The maximum atomic E-state index is 12.3. The van der Waals surface area contributed by atoms with E-state index in [-0.39, 0.29) is 11.7 Å². The molecule has 0 atom stereocenters. The molecule has 3 aromatic rings. The number of benzene rings is 2. The number of carbonyl (C=O) groups excluding carboxylic acids is 1. The van der Waals surface area contributed by atoms with E-state index < -0.39 is 0 Å². The van der Waals surface area contributed by atoms with Crippen LogP contribution in [0, 0.1) is 0 Å². The third-order valence-electron chi connectivity index (χ3n) is 3.93. The highest BCUT2D eigenvalue weighted by Gasteiger charge is 2.13. The molecule has 3 rings (SSSR count). The summed E-state index contributed by atoms with van der Waals surface area (Å²) in [7, 11) is 1.61. The Bertz CT molecular complexity index is 907. The fourth-order valence-corrected chi connectivity index (χ4v) is 3.11. The van der Waals surface area contributed by atoms with Gasteiger partial charge in [-0.15, -0.1) is 10.2 Å². The zero-order valence-corrected chi connectivity index (χ0v) is 16.2. The first-order valence-electron chi connectivity index (χ1n) is 8.56. The molecule has 0 aliphatic heterocycles. The van der Waals surface area contributed by atoms with Crippen LogP contribution in [-0.2, 0) is 4.79 Å². The molecule has 0 radical (unpaired) electrons. The molecule has 7 heteroatoms. The summed E-state index contributed by atoms with van der Waals surface area (Å²) in [6.45, 7) is 4.19. The van der Waals surface area contributed by atoms with E-state index in [4.69, 9.17) is 9.15 Å². The van der Waals surface area contributed by atoms with Crippen molar-refractivity contribution < 1.29 is 13.9 Å². The minimum absolute atomic E-state index is 0.114. The average Bonchev–Trinajstić information content (AvgIpc) is 3.16. The first-order valence-corrected chi connectivity index (χ1v) is 9.55. The molecule has 0 aliphatic carbocycles. The first kappa shape index (κ1) is 19.0. The Hall–Kier alpha value is -2.80. The SMILES string of the molecule is COc1ccc(-c2nnc(SCC(=O)Nc3ccccc3C(C)C)o2)cc1. The van der Waals surface area contributed by atoms with Crippen LogP contribution in [0.2, 0.25) is 0 Å². The lowest BCUT2D eigenvalue weighted by Crippen LogP contribution is -2.15. The Morgan fingerprint density at radius 3 is 2.59 bits per heavy atom. The van der Waals surface area contributed by atoms with Gasteiger partial charge in [0.1, 0.15) is 5.75 Å². The lowest BCUT2D eigenvalue weighted by Gasteiger charge is -2.13. The van der Waals surface area contributed by atoms with Crippen LogP contribution < -0.4 is 10.1 Å². The van der Waals surface area contributed by atoms with Crippen LogP contribution in [0.5, 0.6) is 5.75 Å². The molecule has 0 fully saturated rings. The van der Waals surface area contributed by atoms with Gasteiger partial charge < -0.3 is 14.5 Å². The number of hydrogen-bond donors (Lipinski definition) is 1. The van der Waals surface area contributed by atoms with Crippen molar-refractivity contribution >= 4 is 23.4 Å². The lowest BCUT2D eigenvalue weighted by atomic mass is 10.0. The van der Waals surface area contributed by atoms with E-state index >= 15 is 0 Å². The van der Waals surface area contributed by atoms with Gasteiger partial charge in [-0.25, -0.2) is 0 Å². The van der Waals surface area contributed by atoms with Crippen molar-refractivity contribution in [2.24, 2.45) is 0 Å². The maximum absolute atomic E-state index is 12.3. The van der Waals surface area contributed by atoms with E-state index in [1.165, 1.54) is 11.8 Å². The smallest absolute Gasteiger partial charge is 0.277 e. The monoisotopic (exact) mass is 383 g/mol. The number of aromatic nitrogens is 2. The zero-order valence-electron chi connectivity index (χ0n) is 15.4. The second-order valence-electron chi connectivity index (χ2n) is 6.18. The average molecular weight is 383 g/mol. The van der Waals surface area contributed by atoms with Crippen molar-refractivity contribution in [3.05, 3.63) is 54.1 Å². The molecule has 1 aromatic heterocycles. The summed E-state index contributed by atoms with van der Waals surface area (Å²) in [5, 5.41) is 11.3. The minimum atomic E-state index is -0.114. The third-order valence-corrected chi connectivity index (χ3v) is 4.75. The highest BCUT2D eigenvalue weighted by molar-refractivity contribution is 7.99. The number of para-hydroxylation sites is 1. The van der Waals surface area contributed by atoms with Crippen LogP contribution in [0.1, 0.15) is 25.3 Å². The van der Waals surface area contributed by atoms with Gasteiger partial charge >= 0.3 is 0 Å². The molecule has 1 heterocycles. The molecule has 2 aromatic carbocycles. The zero-order chi connectivity index (χ0) is 19.2. The van der Waals surface area contributed by atoms with Gasteiger partial charge in [-0.1, -0.05) is 43.8 Å². The Morgan fingerprint density at radius 2 is 1.89 bits per heavy atom. The molecular formula is C20H21N3O3S. The molecule has 0 aliphatic rings. The summed E-state index contributed by atoms with van der Waals surface area (Å²) in [6.07, 6.45) is 0. The van der Waals surface area contributed by atoms with Gasteiger partial charge in [-0.2, -0.15) is 0 Å². The Balaban J connectivity index is 1.59. The van der Waals surface area contributed by atoms with Gasteiger partial charge in [-0.3, -0.25) is 4.79 Å². The summed E-state index contributed by atoms with van der Waals surface area (Å²) < 4.78 is 10.8. The van der Waals surface area contributed by atoms with Crippen LogP contribution >= 0.6 is 11.8 Å². The molecule has 6 nitrogen and oxygen atoms in total. The van der Waals surface area contributed by atoms with Crippen molar-refractivity contribution in [3.63, 3.8) is 0 Å². The Labute approximate surface area is 162 Å². The summed E-state index contributed by atoms with van der Waals surface area (Å²) >= 11 is 1.21. The lowest BCUT2D eigenvalue weighted by molar-refractivity contribution is -0.113.